The number of rotatable bonds is 4. The third-order valence-corrected chi connectivity index (χ3v) is 7.81. The first kappa shape index (κ1) is 18.2. The largest absolute Gasteiger partial charge is 0.347 e. The minimum atomic E-state index is -3.54. The van der Waals surface area contributed by atoms with Gasteiger partial charge in [-0.3, -0.25) is 9.36 Å². The molecule has 1 aliphatic heterocycles. The highest BCUT2D eigenvalue weighted by molar-refractivity contribution is 9.11. The van der Waals surface area contributed by atoms with Gasteiger partial charge in [0.25, 0.3) is 10.0 Å². The van der Waals surface area contributed by atoms with E-state index < -0.39 is 15.7 Å². The number of halogens is 1. The van der Waals surface area contributed by atoms with Gasteiger partial charge in [-0.05, 0) is 34.1 Å². The third kappa shape index (κ3) is 4.00. The molecule has 1 fully saturated rings. The average Bonchev–Trinajstić information content (AvgIpc) is 3.04. The Morgan fingerprint density at radius 2 is 1.96 bits per heavy atom. The van der Waals surface area contributed by atoms with Gasteiger partial charge in [-0.25, -0.2) is 18.2 Å². The molecule has 1 aliphatic rings. The highest BCUT2D eigenvalue weighted by Gasteiger charge is 2.31. The second-order valence-corrected chi connectivity index (χ2v) is 10.0. The molecule has 1 saturated heterocycles. The van der Waals surface area contributed by atoms with Gasteiger partial charge in [-0.15, -0.1) is 11.3 Å². The SMILES string of the molecule is O=C(Cn1cccnc1=O)N1CCN(S(=O)(=O)c2ccc(Br)s2)CC1. The van der Waals surface area contributed by atoms with Gasteiger partial charge in [0.15, 0.2) is 0 Å². The molecule has 0 unspecified atom stereocenters. The smallest absolute Gasteiger partial charge is 0.338 e. The monoisotopic (exact) mass is 446 g/mol. The zero-order valence-corrected chi connectivity index (χ0v) is 16.3. The van der Waals surface area contributed by atoms with Crippen molar-refractivity contribution in [1.29, 1.82) is 0 Å². The highest BCUT2D eigenvalue weighted by Crippen LogP contribution is 2.28. The molecule has 0 spiro atoms. The summed E-state index contributed by atoms with van der Waals surface area (Å²) in [7, 11) is -3.54. The Kier molecular flexibility index (Phi) is 5.37. The molecule has 2 aromatic heterocycles. The fourth-order valence-electron chi connectivity index (χ4n) is 2.49. The van der Waals surface area contributed by atoms with E-state index in [1.54, 1.807) is 23.1 Å². The summed E-state index contributed by atoms with van der Waals surface area (Å²) in [5.41, 5.74) is -0.486. The summed E-state index contributed by atoms with van der Waals surface area (Å²) in [4.78, 5) is 29.1. The number of sulfonamides is 1. The molecule has 25 heavy (non-hydrogen) atoms. The lowest BCUT2D eigenvalue weighted by Crippen LogP contribution is -2.51. The van der Waals surface area contributed by atoms with Crippen molar-refractivity contribution in [3.05, 3.63) is 44.9 Å². The summed E-state index contributed by atoms with van der Waals surface area (Å²) < 4.78 is 28.8. The summed E-state index contributed by atoms with van der Waals surface area (Å²) >= 11 is 4.42. The van der Waals surface area contributed by atoms with E-state index in [1.165, 1.54) is 21.3 Å². The minimum absolute atomic E-state index is 0.0999. The number of hydrogen-bond donors (Lipinski definition) is 0. The quantitative estimate of drug-likeness (QED) is 0.685. The summed E-state index contributed by atoms with van der Waals surface area (Å²) in [6.45, 7) is 0.938. The lowest BCUT2D eigenvalue weighted by atomic mass is 10.3. The Labute approximate surface area is 156 Å². The first-order valence-corrected chi connectivity index (χ1v) is 10.5. The fraction of sp³-hybridized carbons (Fsp3) is 0.357. The maximum Gasteiger partial charge on any atom is 0.347 e. The molecule has 1 amide bonds. The van der Waals surface area contributed by atoms with Crippen molar-refractivity contribution < 1.29 is 13.2 Å². The van der Waals surface area contributed by atoms with Crippen LogP contribution in [0, 0.1) is 0 Å². The van der Waals surface area contributed by atoms with Crippen LogP contribution < -0.4 is 5.69 Å². The van der Waals surface area contributed by atoms with Gasteiger partial charge in [0, 0.05) is 38.6 Å². The van der Waals surface area contributed by atoms with Gasteiger partial charge < -0.3 is 4.90 Å². The number of thiophene rings is 1. The van der Waals surface area contributed by atoms with Gasteiger partial charge in [0.1, 0.15) is 10.8 Å². The van der Waals surface area contributed by atoms with E-state index in [-0.39, 0.29) is 29.8 Å². The zero-order valence-electron chi connectivity index (χ0n) is 13.0. The Balaban J connectivity index is 1.63. The topological polar surface area (TPSA) is 92.6 Å². The van der Waals surface area contributed by atoms with Crippen LogP contribution in [-0.2, 0) is 21.4 Å². The molecule has 0 aromatic carbocycles. The first-order chi connectivity index (χ1) is 11.9. The number of hydrogen-bond acceptors (Lipinski definition) is 6. The van der Waals surface area contributed by atoms with Crippen LogP contribution >= 0.6 is 27.3 Å². The van der Waals surface area contributed by atoms with Crippen molar-refractivity contribution in [2.24, 2.45) is 0 Å². The Morgan fingerprint density at radius 3 is 2.56 bits per heavy atom. The molecule has 0 radical (unpaired) electrons. The fourth-order valence-corrected chi connectivity index (χ4v) is 6.08. The van der Waals surface area contributed by atoms with Crippen molar-refractivity contribution in [3.63, 3.8) is 0 Å². The predicted octanol–water partition coefficient (Wildman–Crippen LogP) is 0.600. The van der Waals surface area contributed by atoms with Gasteiger partial charge in [0.2, 0.25) is 5.91 Å². The summed E-state index contributed by atoms with van der Waals surface area (Å²) in [6.07, 6.45) is 2.87. The van der Waals surface area contributed by atoms with Crippen molar-refractivity contribution in [1.82, 2.24) is 18.8 Å². The molecule has 11 heteroatoms. The molecule has 3 heterocycles. The summed E-state index contributed by atoms with van der Waals surface area (Å²) in [6, 6.07) is 4.84. The first-order valence-electron chi connectivity index (χ1n) is 7.42. The molecule has 134 valence electrons. The van der Waals surface area contributed by atoms with Crippen LogP contribution in [0.25, 0.3) is 0 Å². The Hall–Kier alpha value is -1.56. The van der Waals surface area contributed by atoms with E-state index >= 15 is 0 Å². The number of nitrogens with zero attached hydrogens (tertiary/aromatic N) is 4. The number of carbonyl (C=O) groups is 1. The van der Waals surface area contributed by atoms with Crippen LogP contribution in [0.5, 0.6) is 0 Å². The van der Waals surface area contributed by atoms with Crippen molar-refractivity contribution in [3.8, 4) is 0 Å². The van der Waals surface area contributed by atoms with Crippen LogP contribution in [0.15, 0.2) is 43.4 Å². The third-order valence-electron chi connectivity index (χ3n) is 3.82. The van der Waals surface area contributed by atoms with Crippen LogP contribution in [0.1, 0.15) is 0 Å². The maximum atomic E-state index is 12.6. The molecule has 0 bridgehead atoms. The van der Waals surface area contributed by atoms with Crippen LogP contribution in [0.2, 0.25) is 0 Å². The maximum absolute atomic E-state index is 12.6. The van der Waals surface area contributed by atoms with E-state index in [1.807, 2.05) is 0 Å². The normalized spacial score (nSPS) is 16.1. The predicted molar refractivity (Wildman–Crippen MR) is 95.9 cm³/mol. The standard InChI is InChI=1S/C14H15BrN4O4S2/c15-11-2-3-13(24-11)25(22,23)19-8-6-17(7-9-19)12(20)10-18-5-1-4-16-14(18)21/h1-5H,6-10H2. The second-order valence-electron chi connectivity index (χ2n) is 5.37. The molecule has 3 rings (SSSR count). The second kappa shape index (κ2) is 7.36. The highest BCUT2D eigenvalue weighted by atomic mass is 79.9. The van der Waals surface area contributed by atoms with Gasteiger partial charge >= 0.3 is 5.69 Å². The van der Waals surface area contributed by atoms with E-state index in [9.17, 15) is 18.0 Å². The molecule has 2 aromatic rings. The van der Waals surface area contributed by atoms with Gasteiger partial charge in [-0.1, -0.05) is 0 Å². The lowest BCUT2D eigenvalue weighted by Gasteiger charge is -2.33. The molecule has 0 atom stereocenters. The van der Waals surface area contributed by atoms with Crippen molar-refractivity contribution >= 4 is 43.2 Å². The molecular formula is C14H15BrN4O4S2. The average molecular weight is 447 g/mol. The number of aromatic nitrogens is 2. The zero-order chi connectivity index (χ0) is 18.0. The van der Waals surface area contributed by atoms with E-state index in [4.69, 9.17) is 0 Å². The minimum Gasteiger partial charge on any atom is -0.338 e. The number of carbonyl (C=O) groups excluding carboxylic acids is 1. The van der Waals surface area contributed by atoms with Crippen LogP contribution in [0.4, 0.5) is 0 Å². The van der Waals surface area contributed by atoms with Crippen molar-refractivity contribution in [2.45, 2.75) is 10.8 Å². The Morgan fingerprint density at radius 1 is 1.24 bits per heavy atom. The number of amides is 1. The summed E-state index contributed by atoms with van der Waals surface area (Å²) in [5, 5.41) is 0. The van der Waals surface area contributed by atoms with Gasteiger partial charge in [-0.2, -0.15) is 4.31 Å². The summed E-state index contributed by atoms with van der Waals surface area (Å²) in [5.74, 6) is -0.231. The molecule has 0 aliphatic carbocycles. The van der Waals surface area contributed by atoms with Crippen LogP contribution in [-0.4, -0.2) is 59.3 Å². The van der Waals surface area contributed by atoms with Crippen LogP contribution in [0.3, 0.4) is 0 Å². The number of piperazine rings is 1. The molecule has 8 nitrogen and oxygen atoms in total. The molecule has 0 N–H and O–H groups in total. The Bertz CT molecular complexity index is 932. The van der Waals surface area contributed by atoms with E-state index in [2.05, 4.69) is 20.9 Å². The van der Waals surface area contributed by atoms with E-state index in [0.29, 0.717) is 13.1 Å². The van der Waals surface area contributed by atoms with Gasteiger partial charge in [0.05, 0.1) is 3.79 Å². The lowest BCUT2D eigenvalue weighted by molar-refractivity contribution is -0.133. The van der Waals surface area contributed by atoms with Crippen molar-refractivity contribution in [2.75, 3.05) is 26.2 Å². The molecular weight excluding hydrogens is 432 g/mol. The molecule has 0 saturated carbocycles. The van der Waals surface area contributed by atoms with E-state index in [0.717, 1.165) is 15.1 Å².